The van der Waals surface area contributed by atoms with Crippen LogP contribution in [-0.2, 0) is 27.8 Å². The number of benzene rings is 1. The van der Waals surface area contributed by atoms with Gasteiger partial charge in [-0.3, -0.25) is 14.4 Å². The molecule has 0 aliphatic rings. The molecule has 0 bridgehead atoms. The van der Waals surface area contributed by atoms with Crippen LogP contribution in [0.4, 0.5) is 5.69 Å². The van der Waals surface area contributed by atoms with E-state index in [0.717, 1.165) is 17.0 Å². The molecule has 0 saturated carbocycles. The van der Waals surface area contributed by atoms with Gasteiger partial charge in [-0.25, -0.2) is 0 Å². The quantitative estimate of drug-likeness (QED) is 0.646. The number of aromatic nitrogens is 1. The highest BCUT2D eigenvalue weighted by Gasteiger charge is 2.16. The highest BCUT2D eigenvalue weighted by atomic mass is 16.5. The Morgan fingerprint density at radius 3 is 2.28 bits per heavy atom. The molecule has 1 amide bonds. The van der Waals surface area contributed by atoms with E-state index in [-0.39, 0.29) is 24.7 Å². The first kappa shape index (κ1) is 18.4. The molecular formula is C19H22N2O4. The van der Waals surface area contributed by atoms with Crippen molar-refractivity contribution in [1.82, 2.24) is 4.57 Å². The number of anilines is 1. The second kappa shape index (κ2) is 7.79. The second-order valence-corrected chi connectivity index (χ2v) is 5.98. The lowest BCUT2D eigenvalue weighted by atomic mass is 10.1. The number of carbonyl (C=O) groups is 3. The first-order valence-corrected chi connectivity index (χ1v) is 7.96. The largest absolute Gasteiger partial charge is 0.457 e. The van der Waals surface area contributed by atoms with Gasteiger partial charge in [-0.2, -0.15) is 0 Å². The molecule has 0 atom stereocenters. The Kier molecular flexibility index (Phi) is 5.75. The Balaban J connectivity index is 1.89. The smallest absolute Gasteiger partial charge is 0.310 e. The van der Waals surface area contributed by atoms with Gasteiger partial charge in [-0.15, -0.1) is 0 Å². The molecule has 2 rings (SSSR count). The molecule has 1 heterocycles. The van der Waals surface area contributed by atoms with Crippen molar-refractivity contribution in [2.45, 2.75) is 27.2 Å². The molecule has 6 nitrogen and oxygen atoms in total. The van der Waals surface area contributed by atoms with Gasteiger partial charge in [0, 0.05) is 36.6 Å². The van der Waals surface area contributed by atoms with Crippen LogP contribution >= 0.6 is 0 Å². The number of aryl methyl sites for hydroxylation is 1. The average Bonchev–Trinajstić information content (AvgIpc) is 2.81. The molecule has 6 heteroatoms. The lowest BCUT2D eigenvalue weighted by Crippen LogP contribution is -2.16. The van der Waals surface area contributed by atoms with Gasteiger partial charge >= 0.3 is 5.97 Å². The maximum absolute atomic E-state index is 12.2. The van der Waals surface area contributed by atoms with Gasteiger partial charge in [0.2, 0.25) is 11.7 Å². The van der Waals surface area contributed by atoms with Crippen LogP contribution in [0.25, 0.3) is 0 Å². The molecule has 0 saturated heterocycles. The van der Waals surface area contributed by atoms with Gasteiger partial charge in [0.15, 0.2) is 6.61 Å². The van der Waals surface area contributed by atoms with E-state index in [4.69, 9.17) is 4.74 Å². The maximum atomic E-state index is 12.2. The molecule has 0 spiro atoms. The van der Waals surface area contributed by atoms with Gasteiger partial charge in [0.05, 0.1) is 6.42 Å². The summed E-state index contributed by atoms with van der Waals surface area (Å²) in [5, 5.41) is 2.65. The van der Waals surface area contributed by atoms with Crippen LogP contribution in [0.3, 0.4) is 0 Å². The highest BCUT2D eigenvalue weighted by Crippen LogP contribution is 2.14. The van der Waals surface area contributed by atoms with Gasteiger partial charge in [-0.05, 0) is 37.6 Å². The number of amides is 1. The van der Waals surface area contributed by atoms with Gasteiger partial charge < -0.3 is 14.6 Å². The Morgan fingerprint density at radius 1 is 1.12 bits per heavy atom. The number of nitrogens with zero attached hydrogens (tertiary/aromatic N) is 1. The number of nitrogens with one attached hydrogen (secondary N) is 1. The van der Waals surface area contributed by atoms with E-state index >= 15 is 0 Å². The summed E-state index contributed by atoms with van der Waals surface area (Å²) < 4.78 is 7.02. The van der Waals surface area contributed by atoms with Gasteiger partial charge in [0.1, 0.15) is 0 Å². The monoisotopic (exact) mass is 342 g/mol. The molecular weight excluding hydrogens is 320 g/mol. The number of hydrogen-bond acceptors (Lipinski definition) is 4. The van der Waals surface area contributed by atoms with Crippen LogP contribution in [0.1, 0.15) is 34.2 Å². The predicted octanol–water partition coefficient (Wildman–Crippen LogP) is 2.57. The van der Waals surface area contributed by atoms with Crippen LogP contribution < -0.4 is 5.32 Å². The topological polar surface area (TPSA) is 77.4 Å². The molecule has 1 aromatic heterocycles. The van der Waals surface area contributed by atoms with Crippen molar-refractivity contribution in [3.63, 3.8) is 0 Å². The van der Waals surface area contributed by atoms with Crippen molar-refractivity contribution in [2.75, 3.05) is 11.9 Å². The Bertz CT molecular complexity index is 804. The third-order valence-electron chi connectivity index (χ3n) is 4.06. The standard InChI is InChI=1S/C19H22N2O4/c1-12-9-17(13(2)21(12)4)18(23)11-25-19(24)10-15-5-7-16(8-6-15)20-14(3)22/h5-9H,10-11H2,1-4H3,(H,20,22). The van der Waals surface area contributed by atoms with E-state index in [1.165, 1.54) is 6.92 Å². The first-order valence-electron chi connectivity index (χ1n) is 7.96. The molecule has 132 valence electrons. The fourth-order valence-corrected chi connectivity index (χ4v) is 2.49. The number of hydrogen-bond donors (Lipinski definition) is 1. The Hall–Kier alpha value is -2.89. The van der Waals surface area contributed by atoms with E-state index in [1.807, 2.05) is 25.5 Å². The minimum absolute atomic E-state index is 0.0699. The molecule has 0 unspecified atom stereocenters. The molecule has 0 fully saturated rings. The lowest BCUT2D eigenvalue weighted by Gasteiger charge is -2.06. The number of esters is 1. The molecule has 2 aromatic rings. The molecule has 1 N–H and O–H groups in total. The summed E-state index contributed by atoms with van der Waals surface area (Å²) in [4.78, 5) is 35.1. The van der Waals surface area contributed by atoms with E-state index < -0.39 is 5.97 Å². The number of ketones is 1. The maximum Gasteiger partial charge on any atom is 0.310 e. The minimum atomic E-state index is -0.467. The summed E-state index contributed by atoms with van der Waals surface area (Å²) in [6, 6.07) is 8.70. The number of carbonyl (C=O) groups excluding carboxylic acids is 3. The van der Waals surface area contributed by atoms with E-state index in [2.05, 4.69) is 5.32 Å². The average molecular weight is 342 g/mol. The van der Waals surface area contributed by atoms with Crippen molar-refractivity contribution in [3.05, 3.63) is 52.8 Å². The van der Waals surface area contributed by atoms with Gasteiger partial charge in [0.25, 0.3) is 0 Å². The molecule has 25 heavy (non-hydrogen) atoms. The minimum Gasteiger partial charge on any atom is -0.457 e. The number of rotatable bonds is 6. The first-order chi connectivity index (χ1) is 11.8. The highest BCUT2D eigenvalue weighted by molar-refractivity contribution is 5.99. The summed E-state index contributed by atoms with van der Waals surface area (Å²) >= 11 is 0. The summed E-state index contributed by atoms with van der Waals surface area (Å²) in [5.74, 6) is -0.835. The van der Waals surface area contributed by atoms with Crippen LogP contribution in [0.15, 0.2) is 30.3 Å². The Labute approximate surface area is 146 Å². The fourth-order valence-electron chi connectivity index (χ4n) is 2.49. The summed E-state index contributed by atoms with van der Waals surface area (Å²) in [7, 11) is 1.89. The normalized spacial score (nSPS) is 10.4. The zero-order valence-corrected chi connectivity index (χ0v) is 14.9. The van der Waals surface area contributed by atoms with Crippen molar-refractivity contribution < 1.29 is 19.1 Å². The van der Waals surface area contributed by atoms with Crippen LogP contribution in [0.5, 0.6) is 0 Å². The summed E-state index contributed by atoms with van der Waals surface area (Å²) in [6.07, 6.45) is 0.0699. The zero-order valence-electron chi connectivity index (χ0n) is 14.9. The zero-order chi connectivity index (χ0) is 18.6. The van der Waals surface area contributed by atoms with Crippen molar-refractivity contribution >= 4 is 23.3 Å². The SMILES string of the molecule is CC(=O)Nc1ccc(CC(=O)OCC(=O)c2cc(C)n(C)c2C)cc1. The van der Waals surface area contributed by atoms with Crippen LogP contribution in [0.2, 0.25) is 0 Å². The van der Waals surface area contributed by atoms with Gasteiger partial charge in [-0.1, -0.05) is 12.1 Å². The van der Waals surface area contributed by atoms with Crippen molar-refractivity contribution in [2.24, 2.45) is 7.05 Å². The Morgan fingerprint density at radius 2 is 1.76 bits per heavy atom. The molecule has 0 aliphatic heterocycles. The number of ether oxygens (including phenoxy) is 1. The predicted molar refractivity (Wildman–Crippen MR) is 94.6 cm³/mol. The second-order valence-electron chi connectivity index (χ2n) is 5.98. The van der Waals surface area contributed by atoms with E-state index in [1.54, 1.807) is 30.3 Å². The van der Waals surface area contributed by atoms with E-state index in [0.29, 0.717) is 11.3 Å². The van der Waals surface area contributed by atoms with Crippen LogP contribution in [0, 0.1) is 13.8 Å². The molecule has 0 radical (unpaired) electrons. The summed E-state index contributed by atoms with van der Waals surface area (Å²) in [5.41, 5.74) is 3.82. The third-order valence-corrected chi connectivity index (χ3v) is 4.06. The third kappa shape index (κ3) is 4.79. The van der Waals surface area contributed by atoms with Crippen molar-refractivity contribution in [3.8, 4) is 0 Å². The van der Waals surface area contributed by atoms with E-state index in [9.17, 15) is 14.4 Å². The summed E-state index contributed by atoms with van der Waals surface area (Å²) in [6.45, 7) is 4.93. The van der Waals surface area contributed by atoms with Crippen LogP contribution in [-0.4, -0.2) is 28.8 Å². The lowest BCUT2D eigenvalue weighted by molar-refractivity contribution is -0.141. The molecule has 0 aliphatic carbocycles. The number of Topliss-reactive ketones (excluding diaryl/α,β-unsaturated/α-hetero) is 1. The van der Waals surface area contributed by atoms with Crippen molar-refractivity contribution in [1.29, 1.82) is 0 Å². The molecule has 1 aromatic carbocycles. The fraction of sp³-hybridized carbons (Fsp3) is 0.316.